The van der Waals surface area contributed by atoms with Crippen LogP contribution in [-0.4, -0.2) is 13.0 Å². The zero-order valence-corrected chi connectivity index (χ0v) is 4.94. The highest BCUT2D eigenvalue weighted by atomic mass is 16.7. The van der Waals surface area contributed by atoms with Gasteiger partial charge in [-0.2, -0.15) is 5.48 Å². The summed E-state index contributed by atoms with van der Waals surface area (Å²) in [5.41, 5.74) is 2.41. The van der Waals surface area contributed by atoms with Gasteiger partial charge >= 0.3 is 6.47 Å². The molecule has 0 saturated carbocycles. The van der Waals surface area contributed by atoms with E-state index in [0.717, 1.165) is 12.8 Å². The third-order valence-electron chi connectivity index (χ3n) is 0.746. The Bertz CT molecular complexity index is 56.4. The summed E-state index contributed by atoms with van der Waals surface area (Å²) in [5.74, 6) is 0. The zero-order valence-electron chi connectivity index (χ0n) is 4.94. The van der Waals surface area contributed by atoms with Crippen molar-refractivity contribution in [2.75, 3.05) is 6.54 Å². The molecule has 0 heterocycles. The number of carbonyl (C=O) groups excluding carboxylic acids is 1. The predicted octanol–water partition coefficient (Wildman–Crippen LogP) is 0.375. The molecule has 0 atom stereocenters. The molecule has 0 rings (SSSR count). The first-order chi connectivity index (χ1) is 3.91. The first kappa shape index (κ1) is 7.43. The van der Waals surface area contributed by atoms with E-state index >= 15 is 0 Å². The van der Waals surface area contributed by atoms with Crippen LogP contribution >= 0.6 is 0 Å². The van der Waals surface area contributed by atoms with Gasteiger partial charge in [-0.3, -0.25) is 0 Å². The monoisotopic (exact) mass is 116 g/mol. The summed E-state index contributed by atoms with van der Waals surface area (Å²) in [4.78, 5) is 13.4. The molecular weight excluding hydrogens is 106 g/mol. The van der Waals surface area contributed by atoms with Gasteiger partial charge in [0.05, 0.1) is 0 Å². The molecule has 0 fully saturated rings. The Morgan fingerprint density at radius 3 is 3.00 bits per heavy atom. The van der Waals surface area contributed by atoms with Gasteiger partial charge in [-0.15, -0.1) is 0 Å². The molecule has 0 aromatic rings. The van der Waals surface area contributed by atoms with Gasteiger partial charge < -0.3 is 4.84 Å². The maximum Gasteiger partial charge on any atom is 0.437 e. The molecule has 8 heavy (non-hydrogen) atoms. The van der Waals surface area contributed by atoms with E-state index in [-0.39, 0.29) is 0 Å². The van der Waals surface area contributed by atoms with Crippen molar-refractivity contribution in [3.05, 3.63) is 0 Å². The molecule has 3 nitrogen and oxygen atoms in total. The number of hydroxylamine groups is 1. The molecule has 1 N–H and O–H groups in total. The minimum Gasteiger partial charge on any atom is -0.362 e. The summed E-state index contributed by atoms with van der Waals surface area (Å²) < 4.78 is 0. The number of unbranched alkanes of at least 4 members (excludes halogenated alkanes) is 1. The van der Waals surface area contributed by atoms with Crippen molar-refractivity contribution in [2.45, 2.75) is 19.8 Å². The average molecular weight is 116 g/mol. The van der Waals surface area contributed by atoms with Crippen molar-refractivity contribution >= 4 is 6.47 Å². The van der Waals surface area contributed by atoms with Crippen molar-refractivity contribution in [3.8, 4) is 0 Å². The lowest BCUT2D eigenvalue weighted by molar-refractivity contribution is 0.168. The van der Waals surface area contributed by atoms with E-state index in [1.165, 1.54) is 6.47 Å². The van der Waals surface area contributed by atoms with Gasteiger partial charge in [-0.25, -0.2) is 4.79 Å². The summed E-state index contributed by atoms with van der Waals surface area (Å²) in [6.07, 6.45) is 2.11. The lowest BCUT2D eigenvalue weighted by Crippen LogP contribution is -2.14. The van der Waals surface area contributed by atoms with E-state index in [4.69, 9.17) is 0 Å². The molecule has 0 amide bonds. The van der Waals surface area contributed by atoms with E-state index in [1.54, 1.807) is 0 Å². The Hall–Kier alpha value is -0.570. The molecule has 0 aromatic carbocycles. The summed E-state index contributed by atoms with van der Waals surface area (Å²) in [6.45, 7) is 4.04. The second-order valence-corrected chi connectivity index (χ2v) is 1.43. The maximum atomic E-state index is 9.36. The van der Waals surface area contributed by atoms with Gasteiger partial charge in [0.1, 0.15) is 0 Å². The fourth-order valence-corrected chi connectivity index (χ4v) is 0.329. The van der Waals surface area contributed by atoms with Crippen LogP contribution in [0.25, 0.3) is 0 Å². The normalized spacial score (nSPS) is 8.62. The van der Waals surface area contributed by atoms with Gasteiger partial charge in [0, 0.05) is 6.54 Å². The Labute approximate surface area is 49.0 Å². The number of hydrogen-bond acceptors (Lipinski definition) is 3. The van der Waals surface area contributed by atoms with Gasteiger partial charge in [0.2, 0.25) is 0 Å². The quantitative estimate of drug-likeness (QED) is 0.416. The predicted molar refractivity (Wildman–Crippen MR) is 29.7 cm³/mol. The molecule has 1 radical (unpaired) electrons. The van der Waals surface area contributed by atoms with Gasteiger partial charge in [-0.1, -0.05) is 13.3 Å². The SMILES string of the molecule is CCCCNO[C]=O. The van der Waals surface area contributed by atoms with Crippen LogP contribution in [0.15, 0.2) is 0 Å². The van der Waals surface area contributed by atoms with Crippen LogP contribution in [0.5, 0.6) is 0 Å². The highest BCUT2D eigenvalue weighted by Gasteiger charge is 1.81. The summed E-state index contributed by atoms with van der Waals surface area (Å²) in [7, 11) is 0. The van der Waals surface area contributed by atoms with Crippen LogP contribution < -0.4 is 5.48 Å². The number of nitrogens with one attached hydrogen (secondary N) is 1. The fraction of sp³-hybridized carbons (Fsp3) is 0.800. The second-order valence-electron chi connectivity index (χ2n) is 1.43. The Kier molecular flexibility index (Phi) is 5.97. The molecule has 0 aliphatic rings. The molecule has 0 bridgehead atoms. The first-order valence-corrected chi connectivity index (χ1v) is 2.67. The lowest BCUT2D eigenvalue weighted by Gasteiger charge is -1.95. The largest absolute Gasteiger partial charge is 0.437 e. The Balaban J connectivity index is 2.62. The standard InChI is InChI=1S/C5H10NO2/c1-2-3-4-6-8-5-7/h6H,2-4H2,1H3. The topological polar surface area (TPSA) is 38.3 Å². The lowest BCUT2D eigenvalue weighted by atomic mass is 10.3. The molecule has 0 unspecified atom stereocenters. The van der Waals surface area contributed by atoms with Crippen LogP contribution in [0.4, 0.5) is 0 Å². The van der Waals surface area contributed by atoms with E-state index in [2.05, 4.69) is 17.2 Å². The van der Waals surface area contributed by atoms with E-state index < -0.39 is 0 Å². The number of rotatable bonds is 5. The van der Waals surface area contributed by atoms with Crippen molar-refractivity contribution in [3.63, 3.8) is 0 Å². The van der Waals surface area contributed by atoms with E-state index in [1.807, 2.05) is 0 Å². The minimum atomic E-state index is 0.714. The first-order valence-electron chi connectivity index (χ1n) is 2.67. The Morgan fingerprint density at radius 2 is 2.50 bits per heavy atom. The maximum absolute atomic E-state index is 9.36. The highest BCUT2D eigenvalue weighted by Crippen LogP contribution is 1.80. The third kappa shape index (κ3) is 5.43. The number of hydrogen-bond donors (Lipinski definition) is 1. The van der Waals surface area contributed by atoms with Crippen LogP contribution in [0.2, 0.25) is 0 Å². The third-order valence-corrected chi connectivity index (χ3v) is 0.746. The van der Waals surface area contributed by atoms with Gasteiger partial charge in [0.25, 0.3) is 0 Å². The molecule has 0 spiro atoms. The van der Waals surface area contributed by atoms with Crippen molar-refractivity contribution < 1.29 is 9.63 Å². The van der Waals surface area contributed by atoms with E-state index in [0.29, 0.717) is 6.54 Å². The van der Waals surface area contributed by atoms with Gasteiger partial charge in [-0.05, 0) is 6.42 Å². The molecule has 0 aliphatic heterocycles. The Morgan fingerprint density at radius 1 is 1.75 bits per heavy atom. The molecule has 47 valence electrons. The smallest absolute Gasteiger partial charge is 0.362 e. The molecule has 0 saturated heterocycles. The van der Waals surface area contributed by atoms with Crippen LogP contribution in [0, 0.1) is 0 Å². The van der Waals surface area contributed by atoms with Crippen molar-refractivity contribution in [1.82, 2.24) is 5.48 Å². The van der Waals surface area contributed by atoms with Crippen LogP contribution in [0.1, 0.15) is 19.8 Å². The highest BCUT2D eigenvalue weighted by molar-refractivity contribution is 5.37. The average Bonchev–Trinajstić information content (AvgIpc) is 1.81. The molecule has 3 heteroatoms. The van der Waals surface area contributed by atoms with Crippen LogP contribution in [-0.2, 0) is 9.63 Å². The summed E-state index contributed by atoms with van der Waals surface area (Å²) in [5, 5.41) is 0. The minimum absolute atomic E-state index is 0.714. The zero-order chi connectivity index (χ0) is 6.24. The van der Waals surface area contributed by atoms with Crippen molar-refractivity contribution in [1.29, 1.82) is 0 Å². The van der Waals surface area contributed by atoms with Crippen molar-refractivity contribution in [2.24, 2.45) is 0 Å². The molecule has 0 aliphatic carbocycles. The van der Waals surface area contributed by atoms with Crippen LogP contribution in [0.3, 0.4) is 0 Å². The summed E-state index contributed by atoms with van der Waals surface area (Å²) in [6, 6.07) is 0. The van der Waals surface area contributed by atoms with E-state index in [9.17, 15) is 4.79 Å². The van der Waals surface area contributed by atoms with Gasteiger partial charge in [0.15, 0.2) is 0 Å². The fourth-order valence-electron chi connectivity index (χ4n) is 0.329. The summed E-state index contributed by atoms with van der Waals surface area (Å²) >= 11 is 0. The molecular formula is C5H10NO2. The molecule has 0 aromatic heterocycles. The second kappa shape index (κ2) is 6.43.